The van der Waals surface area contributed by atoms with E-state index in [2.05, 4.69) is 34.6 Å². The molecule has 0 aliphatic carbocycles. The van der Waals surface area contributed by atoms with Crippen molar-refractivity contribution in [2.75, 3.05) is 13.2 Å². The Hall–Kier alpha value is -4.21. The van der Waals surface area contributed by atoms with Gasteiger partial charge in [0.1, 0.15) is 12.5 Å². The first-order chi connectivity index (χ1) is 19.4. The van der Waals surface area contributed by atoms with Gasteiger partial charge in [-0.15, -0.1) is 0 Å². The van der Waals surface area contributed by atoms with E-state index < -0.39 is 17.8 Å². The summed E-state index contributed by atoms with van der Waals surface area (Å²) < 4.78 is 5.42. The fourth-order valence-corrected chi connectivity index (χ4v) is 5.51. The Labute approximate surface area is 240 Å². The van der Waals surface area contributed by atoms with E-state index in [1.54, 1.807) is 32.0 Å². The maximum atomic E-state index is 13.8. The van der Waals surface area contributed by atoms with Crippen LogP contribution in [0.4, 0.5) is 0 Å². The first kappa shape index (κ1) is 28.8. The summed E-state index contributed by atoms with van der Waals surface area (Å²) in [5.74, 6) is -2.15. The molecule has 1 N–H and O–H groups in total. The number of hydrogen-bond acceptors (Lipinski definition) is 5. The Kier molecular flexibility index (Phi) is 9.88. The Morgan fingerprint density at radius 3 is 2.25 bits per heavy atom. The second kappa shape index (κ2) is 13.7. The molecule has 0 aromatic heterocycles. The van der Waals surface area contributed by atoms with Crippen molar-refractivity contribution < 1.29 is 14.3 Å². The smallest absolute Gasteiger partial charge is 0.315 e. The molecule has 0 bridgehead atoms. The molecule has 4 rings (SSSR count). The number of benzene rings is 3. The molecule has 3 aromatic carbocycles. The van der Waals surface area contributed by atoms with Crippen molar-refractivity contribution in [3.05, 3.63) is 118 Å². The van der Waals surface area contributed by atoms with Gasteiger partial charge in [-0.05, 0) is 49.1 Å². The average Bonchev–Trinajstić information content (AvgIpc) is 2.96. The first-order valence-corrected chi connectivity index (χ1v) is 13.7. The van der Waals surface area contributed by atoms with E-state index in [1.807, 2.05) is 48.5 Å². The Balaban J connectivity index is 1.60. The van der Waals surface area contributed by atoms with E-state index in [4.69, 9.17) is 21.6 Å². The molecule has 204 valence electrons. The summed E-state index contributed by atoms with van der Waals surface area (Å²) in [6.45, 7) is 3.94. The van der Waals surface area contributed by atoms with Gasteiger partial charge in [0.2, 0.25) is 5.91 Å². The maximum Gasteiger partial charge on any atom is 0.315 e. The number of carbonyl (C=O) groups excluding carboxylic acids is 2. The number of ether oxygens (including phenoxy) is 1. The molecule has 2 atom stereocenters. The molecule has 0 radical (unpaired) electrons. The third kappa shape index (κ3) is 6.86. The zero-order chi connectivity index (χ0) is 28.5. The summed E-state index contributed by atoms with van der Waals surface area (Å²) in [5.41, 5.74) is 4.57. The number of rotatable bonds is 10. The monoisotopic (exact) mass is 553 g/mol. The van der Waals surface area contributed by atoms with Crippen molar-refractivity contribution in [3.8, 4) is 6.07 Å². The van der Waals surface area contributed by atoms with Crippen molar-refractivity contribution in [1.82, 2.24) is 5.32 Å². The molecule has 3 aromatic rings. The van der Waals surface area contributed by atoms with Crippen molar-refractivity contribution in [1.29, 1.82) is 5.26 Å². The van der Waals surface area contributed by atoms with Crippen LogP contribution >= 0.6 is 11.6 Å². The molecular formula is C33H32ClN3O3. The SMILES string of the molecule is CC1=NC(C)=C(C(=O)NCCC(c2ccccc2)c2ccccc2)C(c2cccc(Cl)c2)C1C(=O)OCCC#N. The Morgan fingerprint density at radius 1 is 1.00 bits per heavy atom. The average molecular weight is 554 g/mol. The van der Waals surface area contributed by atoms with Crippen LogP contribution in [0.15, 0.2) is 101 Å². The van der Waals surface area contributed by atoms with E-state index in [9.17, 15) is 9.59 Å². The van der Waals surface area contributed by atoms with E-state index in [1.165, 1.54) is 11.1 Å². The summed E-state index contributed by atoms with van der Waals surface area (Å²) in [4.78, 5) is 31.6. The minimum absolute atomic E-state index is 0.0219. The highest BCUT2D eigenvalue weighted by Crippen LogP contribution is 2.40. The highest BCUT2D eigenvalue weighted by atomic mass is 35.5. The molecule has 0 fully saturated rings. The van der Waals surface area contributed by atoms with Gasteiger partial charge in [0.15, 0.2) is 0 Å². The van der Waals surface area contributed by atoms with E-state index >= 15 is 0 Å². The number of halogens is 1. The zero-order valence-electron chi connectivity index (χ0n) is 22.6. The Morgan fingerprint density at radius 2 is 1.65 bits per heavy atom. The van der Waals surface area contributed by atoms with Gasteiger partial charge in [-0.2, -0.15) is 5.26 Å². The molecule has 1 heterocycles. The number of allylic oxidation sites excluding steroid dienone is 1. The predicted octanol–water partition coefficient (Wildman–Crippen LogP) is 6.58. The zero-order valence-corrected chi connectivity index (χ0v) is 23.4. The topological polar surface area (TPSA) is 91.6 Å². The third-order valence-corrected chi connectivity index (χ3v) is 7.35. The quantitative estimate of drug-likeness (QED) is 0.227. The molecular weight excluding hydrogens is 522 g/mol. The van der Waals surface area contributed by atoms with Crippen LogP contribution < -0.4 is 5.32 Å². The lowest BCUT2D eigenvalue weighted by Crippen LogP contribution is -2.39. The molecule has 7 heteroatoms. The molecule has 0 spiro atoms. The lowest BCUT2D eigenvalue weighted by Gasteiger charge is -2.32. The standard InChI is InChI=1S/C33H32ClN3O3/c1-22-29(32(38)36-19-17-28(24-11-5-3-6-12-24)25-13-7-4-8-14-25)31(26-15-9-16-27(34)21-26)30(23(2)37-22)33(39)40-20-10-18-35/h3-9,11-16,21,28,30-31H,10,17,19-20H2,1-2H3,(H,36,38). The highest BCUT2D eigenvalue weighted by molar-refractivity contribution is 6.30. The lowest BCUT2D eigenvalue weighted by molar-refractivity contribution is -0.146. The van der Waals surface area contributed by atoms with Crippen molar-refractivity contribution in [2.24, 2.45) is 10.9 Å². The minimum atomic E-state index is -0.817. The third-order valence-electron chi connectivity index (χ3n) is 7.12. The number of esters is 1. The molecule has 1 aliphatic rings. The second-order valence-corrected chi connectivity index (χ2v) is 10.2. The van der Waals surface area contributed by atoms with Crippen LogP contribution in [0.2, 0.25) is 5.02 Å². The lowest BCUT2D eigenvalue weighted by atomic mass is 9.75. The fourth-order valence-electron chi connectivity index (χ4n) is 5.31. The van der Waals surface area contributed by atoms with Gasteiger partial charge < -0.3 is 10.1 Å². The number of nitriles is 1. The van der Waals surface area contributed by atoms with Gasteiger partial charge in [0, 0.05) is 40.4 Å². The Bertz CT molecular complexity index is 1410. The first-order valence-electron chi connectivity index (χ1n) is 13.3. The highest BCUT2D eigenvalue weighted by Gasteiger charge is 2.41. The second-order valence-electron chi connectivity index (χ2n) is 9.76. The predicted molar refractivity (Wildman–Crippen MR) is 157 cm³/mol. The van der Waals surface area contributed by atoms with Crippen LogP contribution in [0, 0.1) is 17.2 Å². The summed E-state index contributed by atoms with van der Waals surface area (Å²) in [7, 11) is 0. The van der Waals surface area contributed by atoms with Crippen LogP contribution in [0.1, 0.15) is 55.2 Å². The number of carbonyl (C=O) groups is 2. The largest absolute Gasteiger partial charge is 0.464 e. The molecule has 6 nitrogen and oxygen atoms in total. The van der Waals surface area contributed by atoms with Gasteiger partial charge in [0.05, 0.1) is 12.5 Å². The van der Waals surface area contributed by atoms with Gasteiger partial charge in [-0.3, -0.25) is 14.6 Å². The summed E-state index contributed by atoms with van der Waals surface area (Å²) in [6, 6.07) is 29.6. The number of hydrogen-bond donors (Lipinski definition) is 1. The van der Waals surface area contributed by atoms with Crippen molar-refractivity contribution in [2.45, 2.75) is 38.5 Å². The van der Waals surface area contributed by atoms with Crippen LogP contribution in [-0.4, -0.2) is 30.7 Å². The number of nitrogens with one attached hydrogen (secondary N) is 1. The van der Waals surface area contributed by atoms with E-state index in [0.29, 0.717) is 35.0 Å². The number of nitrogens with zero attached hydrogens (tertiary/aromatic N) is 2. The van der Waals surface area contributed by atoms with Gasteiger partial charge in [-0.1, -0.05) is 84.4 Å². The van der Waals surface area contributed by atoms with E-state index in [0.717, 1.165) is 5.56 Å². The van der Waals surface area contributed by atoms with Crippen molar-refractivity contribution >= 4 is 29.2 Å². The van der Waals surface area contributed by atoms with Crippen molar-refractivity contribution in [3.63, 3.8) is 0 Å². The van der Waals surface area contributed by atoms with E-state index in [-0.39, 0.29) is 24.9 Å². The minimum Gasteiger partial charge on any atom is -0.464 e. The van der Waals surface area contributed by atoms with Crippen LogP contribution in [0.25, 0.3) is 0 Å². The molecule has 2 unspecified atom stereocenters. The van der Waals surface area contributed by atoms with Crippen LogP contribution in [-0.2, 0) is 14.3 Å². The number of aliphatic imine (C=N–C) groups is 1. The van der Waals surface area contributed by atoms with Gasteiger partial charge >= 0.3 is 5.97 Å². The molecule has 0 saturated heterocycles. The number of amides is 1. The molecule has 1 aliphatic heterocycles. The van der Waals surface area contributed by atoms with Crippen LogP contribution in [0.5, 0.6) is 0 Å². The molecule has 0 saturated carbocycles. The molecule has 1 amide bonds. The summed E-state index contributed by atoms with van der Waals surface area (Å²) in [5, 5.41) is 12.5. The van der Waals surface area contributed by atoms with Gasteiger partial charge in [-0.25, -0.2) is 0 Å². The maximum absolute atomic E-state index is 13.8. The normalized spacial score (nSPS) is 16.7. The van der Waals surface area contributed by atoms with Gasteiger partial charge in [0.25, 0.3) is 0 Å². The fraction of sp³-hybridized carbons (Fsp3) is 0.273. The summed E-state index contributed by atoms with van der Waals surface area (Å²) in [6.07, 6.45) is 0.776. The summed E-state index contributed by atoms with van der Waals surface area (Å²) >= 11 is 6.33. The molecule has 40 heavy (non-hydrogen) atoms. The van der Waals surface area contributed by atoms with Crippen LogP contribution in [0.3, 0.4) is 0 Å².